The molecule has 50 heavy (non-hydrogen) atoms. The maximum atomic E-state index is 15.3. The molecule has 0 aromatic carbocycles. The summed E-state index contributed by atoms with van der Waals surface area (Å²) in [6.45, 7) is 1.74. The highest BCUT2D eigenvalue weighted by atomic mass is 32.9. The van der Waals surface area contributed by atoms with Gasteiger partial charge in [0, 0.05) is 13.1 Å². The summed E-state index contributed by atoms with van der Waals surface area (Å²) in [5.41, 5.74) is 0.600. The highest BCUT2D eigenvalue weighted by molar-refractivity contribution is 8.54. The number of hydrogen-bond donors (Lipinski definition) is 6. The van der Waals surface area contributed by atoms with E-state index >= 15 is 4.39 Å². The number of imidazole rings is 2. The molecule has 0 radical (unpaired) electrons. The molecular weight excluding hydrogens is 757 g/mol. The first-order chi connectivity index (χ1) is 24.2. The second-order valence-electron chi connectivity index (χ2n) is 11.5. The zero-order chi connectivity index (χ0) is 35.2. The molecule has 4 aromatic heterocycles. The number of aliphatic hydroxyl groups excluding tert-OH is 2. The van der Waals surface area contributed by atoms with Crippen LogP contribution in [0.1, 0.15) is 19.4 Å². The van der Waals surface area contributed by atoms with Crippen molar-refractivity contribution in [3.05, 3.63) is 37.5 Å². The monoisotopic (exact) mass is 790 g/mol. The lowest BCUT2D eigenvalue weighted by molar-refractivity contribution is -0.216. The van der Waals surface area contributed by atoms with E-state index < -0.39 is 74.7 Å². The van der Waals surface area contributed by atoms with Gasteiger partial charge in [-0.05, 0) is 6.92 Å². The molecule has 7 heterocycles. The van der Waals surface area contributed by atoms with Gasteiger partial charge in [-0.15, -0.1) is 12.2 Å². The molecular formula is C26H33FN10O8P2S3. The van der Waals surface area contributed by atoms with E-state index in [2.05, 4.69) is 65.0 Å². The Kier molecular flexibility index (Phi) is 10.8. The zero-order valence-electron chi connectivity index (χ0n) is 26.0. The van der Waals surface area contributed by atoms with Gasteiger partial charge >= 0.3 is 0 Å². The van der Waals surface area contributed by atoms with Crippen LogP contribution >= 0.6 is 37.9 Å². The molecule has 0 spiro atoms. The van der Waals surface area contributed by atoms with E-state index in [0.29, 0.717) is 47.1 Å². The predicted octanol–water partition coefficient (Wildman–Crippen LogP) is 1.85. The second kappa shape index (κ2) is 15.0. The van der Waals surface area contributed by atoms with E-state index in [1.165, 1.54) is 23.5 Å². The van der Waals surface area contributed by atoms with E-state index in [0.717, 1.165) is 0 Å². The summed E-state index contributed by atoms with van der Waals surface area (Å²) in [4.78, 5) is 26.1. The Morgan fingerprint density at radius 3 is 2.12 bits per heavy atom. The second-order valence-corrected chi connectivity index (χ2v) is 17.4. The largest absolute Gasteiger partial charge is 0.394 e. The Balaban J connectivity index is 0.984. The van der Waals surface area contributed by atoms with E-state index in [1.807, 2.05) is 19.1 Å². The standard InChI is InChI=1S/C26H33FN10O8P2S3/c1-12-26(7-39)19(45-47(49)50)18(41-12)25(43-26)37-11-35-16-21(31-9-33-23(16)37)29-5-3-2-4-28-20-15-22(32-8-30-20)36(10-34-15)24-14(27)17(44-46(40)48)13(6-38)42-24/h2-3,8-14,17-19,24-25,38-39,46-47H,4-7H2,1H3,(H,40,48)(H,49,50)(H,28,30,32)(H,29,31,33)/b3-2+/t12-,13+,14+,17+,18+,19-,24+,25+,26-/m0/s1. The molecule has 3 aliphatic heterocycles. The van der Waals surface area contributed by atoms with Gasteiger partial charge in [0.25, 0.3) is 0 Å². The first-order valence-electron chi connectivity index (χ1n) is 15.3. The Morgan fingerprint density at radius 1 is 0.980 bits per heavy atom. The van der Waals surface area contributed by atoms with Crippen molar-refractivity contribution in [1.29, 1.82) is 0 Å². The van der Waals surface area contributed by atoms with Gasteiger partial charge in [0.15, 0.2) is 52.6 Å². The number of rotatable bonds is 14. The fraction of sp³-hybridized carbons (Fsp3) is 0.538. The van der Waals surface area contributed by atoms with Gasteiger partial charge in [-0.2, -0.15) is 0 Å². The molecule has 4 N–H and O–H groups in total. The predicted molar refractivity (Wildman–Crippen MR) is 189 cm³/mol. The number of thiol groups is 2. The average Bonchev–Trinajstić information content (AvgIpc) is 3.90. The van der Waals surface area contributed by atoms with Crippen molar-refractivity contribution in [2.75, 3.05) is 36.9 Å². The number of anilines is 2. The molecule has 11 atom stereocenters. The van der Waals surface area contributed by atoms with E-state index in [4.69, 9.17) is 35.1 Å². The first kappa shape index (κ1) is 36.0. The van der Waals surface area contributed by atoms with Crippen LogP contribution in [0.15, 0.2) is 37.5 Å². The van der Waals surface area contributed by atoms with Gasteiger partial charge in [-0.25, -0.2) is 34.3 Å². The number of aliphatic hydroxyl groups is 2. The molecule has 24 heteroatoms. The number of ether oxygens (including phenoxy) is 3. The number of nitrogens with one attached hydrogen (secondary N) is 2. The number of aromatic nitrogens is 8. The molecule has 0 aliphatic carbocycles. The topological polar surface area (TPSA) is 215 Å². The minimum Gasteiger partial charge on any atom is -0.394 e. The molecule has 0 amide bonds. The Labute approximate surface area is 300 Å². The van der Waals surface area contributed by atoms with Crippen molar-refractivity contribution in [2.24, 2.45) is 0 Å². The van der Waals surface area contributed by atoms with Crippen LogP contribution in [0.2, 0.25) is 0 Å². The van der Waals surface area contributed by atoms with Gasteiger partial charge in [-0.3, -0.25) is 13.7 Å². The van der Waals surface area contributed by atoms with Gasteiger partial charge in [-0.1, -0.05) is 36.2 Å². The number of hydrogen-bond acceptors (Lipinski definition) is 17. The Hall–Kier alpha value is -2.33. The van der Waals surface area contributed by atoms with Crippen molar-refractivity contribution < 1.29 is 42.4 Å². The molecule has 270 valence electrons. The molecule has 7 rings (SSSR count). The third-order valence-electron chi connectivity index (χ3n) is 8.82. The summed E-state index contributed by atoms with van der Waals surface area (Å²) in [6, 6.07) is 0. The highest BCUT2D eigenvalue weighted by Crippen LogP contribution is 2.53. The third kappa shape index (κ3) is 6.47. The quantitative estimate of drug-likeness (QED) is 0.0611. The molecule has 0 saturated carbocycles. The van der Waals surface area contributed by atoms with Gasteiger partial charge in [0.2, 0.25) is 7.23 Å². The summed E-state index contributed by atoms with van der Waals surface area (Å²) >= 11 is 13.2. The lowest BCUT2D eigenvalue weighted by Gasteiger charge is -2.34. The SMILES string of the molecule is C[C@@H]1O[C@H]2[C@H](n3cnc4c(NC/C=C/CNc5ncnc6c5ncn6[C@@H]5O[C@H](CO)[C@@H](O[PH](=O)S)[C@H]5F)ncnc43)O[C@]1(CO)[C@H]2O[PH](=S)S. The van der Waals surface area contributed by atoms with E-state index in [9.17, 15) is 14.8 Å². The van der Waals surface area contributed by atoms with Crippen LogP contribution in [0, 0.1) is 0 Å². The molecule has 2 unspecified atom stereocenters. The molecule has 4 aromatic rings. The summed E-state index contributed by atoms with van der Waals surface area (Å²) in [6.07, 6.45) is 0.101. The van der Waals surface area contributed by atoms with Gasteiger partial charge < -0.3 is 44.1 Å². The minimum atomic E-state index is -2.78. The summed E-state index contributed by atoms with van der Waals surface area (Å²) in [5, 5.41) is 26.3. The lowest BCUT2D eigenvalue weighted by Crippen LogP contribution is -2.49. The Bertz CT molecular complexity index is 1950. The van der Waals surface area contributed by atoms with Crippen LogP contribution in [-0.2, 0) is 39.6 Å². The summed E-state index contributed by atoms with van der Waals surface area (Å²) < 4.78 is 59.1. The molecule has 3 saturated heterocycles. The smallest absolute Gasteiger partial charge is 0.243 e. The number of halogens is 1. The van der Waals surface area contributed by atoms with E-state index in [1.54, 1.807) is 10.9 Å². The van der Waals surface area contributed by atoms with Gasteiger partial charge in [0.1, 0.15) is 48.8 Å². The first-order valence-corrected chi connectivity index (χ1v) is 21.7. The average molecular weight is 791 g/mol. The van der Waals surface area contributed by atoms with Crippen LogP contribution in [0.3, 0.4) is 0 Å². The van der Waals surface area contributed by atoms with Crippen LogP contribution in [0.5, 0.6) is 0 Å². The van der Waals surface area contributed by atoms with Crippen molar-refractivity contribution in [2.45, 2.75) is 61.7 Å². The molecule has 18 nitrogen and oxygen atoms in total. The van der Waals surface area contributed by atoms with E-state index in [-0.39, 0.29) is 6.61 Å². The lowest BCUT2D eigenvalue weighted by atomic mass is 9.94. The zero-order valence-corrected chi connectivity index (χ0v) is 30.6. The van der Waals surface area contributed by atoms with Crippen molar-refractivity contribution in [3.63, 3.8) is 0 Å². The summed E-state index contributed by atoms with van der Waals surface area (Å²) in [7, 11) is -2.78. The fourth-order valence-electron chi connectivity index (χ4n) is 6.48. The summed E-state index contributed by atoms with van der Waals surface area (Å²) in [5.74, 6) is 0.909. The number of fused-ring (bicyclic) bond motifs is 4. The molecule has 3 aliphatic rings. The Morgan fingerprint density at radius 2 is 1.58 bits per heavy atom. The molecule has 2 bridgehead atoms. The maximum Gasteiger partial charge on any atom is 0.243 e. The van der Waals surface area contributed by atoms with Crippen LogP contribution < -0.4 is 10.6 Å². The van der Waals surface area contributed by atoms with Crippen LogP contribution in [0.25, 0.3) is 22.3 Å². The molecule has 3 fully saturated rings. The van der Waals surface area contributed by atoms with Crippen LogP contribution in [0.4, 0.5) is 16.0 Å². The number of nitrogens with zero attached hydrogens (tertiary/aromatic N) is 8. The maximum absolute atomic E-state index is 15.3. The van der Waals surface area contributed by atoms with Gasteiger partial charge in [0.05, 0.1) is 32.0 Å². The third-order valence-corrected chi connectivity index (χ3v) is 10.7. The van der Waals surface area contributed by atoms with Crippen molar-refractivity contribution in [3.8, 4) is 0 Å². The normalized spacial score (nSPS) is 32.0. The van der Waals surface area contributed by atoms with Crippen molar-refractivity contribution >= 4 is 83.6 Å². The minimum absolute atomic E-state index is 0.294. The fourth-order valence-corrected chi connectivity index (χ4v) is 8.57. The highest BCUT2D eigenvalue weighted by Gasteiger charge is 2.67. The van der Waals surface area contributed by atoms with Crippen LogP contribution in [-0.4, -0.2) is 118 Å². The number of alkyl halides is 1. The van der Waals surface area contributed by atoms with Crippen molar-refractivity contribution in [1.82, 2.24) is 39.0 Å².